The summed E-state index contributed by atoms with van der Waals surface area (Å²) in [6.45, 7) is 6.51. The zero-order valence-electron chi connectivity index (χ0n) is 12.3. The van der Waals surface area contributed by atoms with Gasteiger partial charge in [-0.1, -0.05) is 0 Å². The van der Waals surface area contributed by atoms with Crippen molar-refractivity contribution < 1.29 is 4.79 Å². The Hall–Kier alpha value is -1.91. The van der Waals surface area contributed by atoms with Crippen molar-refractivity contribution in [2.24, 2.45) is 0 Å². The summed E-state index contributed by atoms with van der Waals surface area (Å²) in [5.41, 5.74) is 3.96. The van der Waals surface area contributed by atoms with Crippen molar-refractivity contribution in [2.75, 3.05) is 6.54 Å². The van der Waals surface area contributed by atoms with Crippen LogP contribution in [-0.4, -0.2) is 31.9 Å². The fraction of sp³-hybridized carbons (Fsp3) is 0.533. The van der Waals surface area contributed by atoms with E-state index in [1.54, 1.807) is 6.92 Å². The van der Waals surface area contributed by atoms with E-state index in [4.69, 9.17) is 0 Å². The van der Waals surface area contributed by atoms with E-state index in [1.807, 2.05) is 35.5 Å². The third kappa shape index (κ3) is 2.17. The highest BCUT2D eigenvalue weighted by Crippen LogP contribution is 2.30. The van der Waals surface area contributed by atoms with Crippen LogP contribution in [-0.2, 0) is 4.79 Å². The molecule has 3 heterocycles. The van der Waals surface area contributed by atoms with Gasteiger partial charge in [0.15, 0.2) is 5.65 Å². The van der Waals surface area contributed by atoms with Gasteiger partial charge in [-0.05, 0) is 38.7 Å². The predicted molar refractivity (Wildman–Crippen MR) is 76.4 cm³/mol. The molecule has 0 saturated carbocycles. The molecule has 0 spiro atoms. The maximum atomic E-state index is 11.8. The van der Waals surface area contributed by atoms with E-state index in [9.17, 15) is 4.79 Å². The van der Waals surface area contributed by atoms with Gasteiger partial charge in [0.1, 0.15) is 0 Å². The molecule has 1 aliphatic heterocycles. The minimum Gasteiger partial charge on any atom is -0.334 e. The molecule has 1 saturated heterocycles. The lowest BCUT2D eigenvalue weighted by molar-refractivity contribution is -0.132. The Balaban J connectivity index is 2.02. The number of fused-ring (bicyclic) bond motifs is 1. The summed E-state index contributed by atoms with van der Waals surface area (Å²) < 4.78 is 1.82. The van der Waals surface area contributed by atoms with Crippen molar-refractivity contribution in [2.45, 2.75) is 46.1 Å². The second-order valence-electron chi connectivity index (χ2n) is 5.61. The molecule has 106 valence electrons. The van der Waals surface area contributed by atoms with Crippen LogP contribution in [0.1, 0.15) is 49.2 Å². The second kappa shape index (κ2) is 4.89. The number of aryl methyl sites for hydroxylation is 2. The molecule has 1 aliphatic rings. The number of rotatable bonds is 1. The van der Waals surface area contributed by atoms with Crippen LogP contribution in [0.15, 0.2) is 12.3 Å². The van der Waals surface area contributed by atoms with Gasteiger partial charge in [-0.25, -0.2) is 9.50 Å². The van der Waals surface area contributed by atoms with E-state index in [-0.39, 0.29) is 11.9 Å². The highest BCUT2D eigenvalue weighted by Gasteiger charge is 2.28. The number of likely N-dealkylation sites (tertiary alicyclic amines) is 1. The smallest absolute Gasteiger partial charge is 0.220 e. The van der Waals surface area contributed by atoms with E-state index < -0.39 is 0 Å². The maximum Gasteiger partial charge on any atom is 0.220 e. The number of hydrogen-bond donors (Lipinski definition) is 0. The first-order valence-corrected chi connectivity index (χ1v) is 7.17. The Morgan fingerprint density at radius 1 is 1.35 bits per heavy atom. The molecule has 1 unspecified atom stereocenters. The lowest BCUT2D eigenvalue weighted by atomic mass is 9.99. The van der Waals surface area contributed by atoms with Crippen LogP contribution in [0, 0.1) is 13.8 Å². The van der Waals surface area contributed by atoms with E-state index in [0.29, 0.717) is 0 Å². The van der Waals surface area contributed by atoms with Gasteiger partial charge in [-0.15, -0.1) is 0 Å². The van der Waals surface area contributed by atoms with Crippen LogP contribution in [0.25, 0.3) is 5.65 Å². The summed E-state index contributed by atoms with van der Waals surface area (Å²) in [6.07, 6.45) is 5.22. The Labute approximate surface area is 118 Å². The first-order valence-electron chi connectivity index (χ1n) is 7.17. The highest BCUT2D eigenvalue weighted by molar-refractivity contribution is 5.74. The summed E-state index contributed by atoms with van der Waals surface area (Å²) in [6, 6.07) is 2.11. The van der Waals surface area contributed by atoms with Crippen LogP contribution in [0.3, 0.4) is 0 Å². The minimum absolute atomic E-state index is 0.101. The van der Waals surface area contributed by atoms with Crippen LogP contribution in [0.5, 0.6) is 0 Å². The van der Waals surface area contributed by atoms with Crippen molar-refractivity contribution in [1.82, 2.24) is 19.5 Å². The molecule has 2 aromatic rings. The lowest BCUT2D eigenvalue weighted by Crippen LogP contribution is -2.37. The van der Waals surface area contributed by atoms with Crippen molar-refractivity contribution in [3.63, 3.8) is 0 Å². The fourth-order valence-corrected chi connectivity index (χ4v) is 2.90. The van der Waals surface area contributed by atoms with Gasteiger partial charge in [0, 0.05) is 31.4 Å². The van der Waals surface area contributed by atoms with Crippen LogP contribution in [0.4, 0.5) is 0 Å². The standard InChI is InChI=1S/C15H20N4O/c1-10-9-19-15(16-11(10)2)8-13(17-19)14-6-4-5-7-18(14)12(3)20/h8-9,14H,4-7H2,1-3H3. The average Bonchev–Trinajstić information content (AvgIpc) is 2.82. The number of hydrogen-bond acceptors (Lipinski definition) is 3. The molecule has 5 nitrogen and oxygen atoms in total. The Bertz CT molecular complexity index is 622. The van der Waals surface area contributed by atoms with Crippen molar-refractivity contribution in [3.05, 3.63) is 29.2 Å². The third-order valence-corrected chi connectivity index (χ3v) is 4.15. The molecule has 1 fully saturated rings. The molecule has 5 heteroatoms. The van der Waals surface area contributed by atoms with Gasteiger partial charge in [0.05, 0.1) is 11.7 Å². The molecular formula is C15H20N4O. The Morgan fingerprint density at radius 2 is 2.15 bits per heavy atom. The van der Waals surface area contributed by atoms with Gasteiger partial charge < -0.3 is 4.90 Å². The van der Waals surface area contributed by atoms with Crippen molar-refractivity contribution in [1.29, 1.82) is 0 Å². The van der Waals surface area contributed by atoms with Gasteiger partial charge >= 0.3 is 0 Å². The summed E-state index contributed by atoms with van der Waals surface area (Å²) in [5, 5.41) is 4.63. The average molecular weight is 272 g/mol. The molecule has 1 amide bonds. The highest BCUT2D eigenvalue weighted by atomic mass is 16.2. The first-order chi connectivity index (χ1) is 9.56. The van der Waals surface area contributed by atoms with E-state index in [1.165, 1.54) is 0 Å². The lowest BCUT2D eigenvalue weighted by Gasteiger charge is -2.33. The maximum absolute atomic E-state index is 11.8. The molecule has 2 aromatic heterocycles. The van der Waals surface area contributed by atoms with Gasteiger partial charge in [0.25, 0.3) is 0 Å². The monoisotopic (exact) mass is 272 g/mol. The topological polar surface area (TPSA) is 50.5 Å². The number of piperidine rings is 1. The summed E-state index contributed by atoms with van der Waals surface area (Å²) in [5.74, 6) is 0.132. The molecule has 0 bridgehead atoms. The van der Waals surface area contributed by atoms with Crippen LogP contribution >= 0.6 is 0 Å². The number of carbonyl (C=O) groups excluding carboxylic acids is 1. The molecule has 3 rings (SSSR count). The third-order valence-electron chi connectivity index (χ3n) is 4.15. The summed E-state index contributed by atoms with van der Waals surface area (Å²) in [7, 11) is 0. The largest absolute Gasteiger partial charge is 0.334 e. The Morgan fingerprint density at radius 3 is 2.90 bits per heavy atom. The molecule has 0 radical (unpaired) electrons. The SMILES string of the molecule is CC(=O)N1CCCCC1c1cc2nc(C)c(C)cn2n1. The summed E-state index contributed by atoms with van der Waals surface area (Å²) >= 11 is 0. The molecular weight excluding hydrogens is 252 g/mol. The van der Waals surface area contributed by atoms with E-state index >= 15 is 0 Å². The van der Waals surface area contributed by atoms with Crippen molar-refractivity contribution in [3.8, 4) is 0 Å². The van der Waals surface area contributed by atoms with Crippen LogP contribution in [0.2, 0.25) is 0 Å². The number of nitrogens with zero attached hydrogens (tertiary/aromatic N) is 4. The predicted octanol–water partition coefficient (Wildman–Crippen LogP) is 2.42. The zero-order chi connectivity index (χ0) is 14.3. The molecule has 0 N–H and O–H groups in total. The second-order valence-corrected chi connectivity index (χ2v) is 5.61. The molecule has 20 heavy (non-hydrogen) atoms. The van der Waals surface area contributed by atoms with Gasteiger partial charge in [0.2, 0.25) is 5.91 Å². The fourth-order valence-electron chi connectivity index (χ4n) is 2.90. The number of carbonyl (C=O) groups is 1. The zero-order valence-corrected chi connectivity index (χ0v) is 12.3. The number of amides is 1. The van der Waals surface area contributed by atoms with E-state index in [2.05, 4.69) is 10.1 Å². The molecule has 0 aliphatic carbocycles. The normalized spacial score (nSPS) is 19.6. The molecule has 1 atom stereocenters. The molecule has 0 aromatic carbocycles. The van der Waals surface area contributed by atoms with Crippen LogP contribution < -0.4 is 0 Å². The Kier molecular flexibility index (Phi) is 3.20. The van der Waals surface area contributed by atoms with Crippen molar-refractivity contribution >= 4 is 11.6 Å². The minimum atomic E-state index is 0.101. The summed E-state index contributed by atoms with van der Waals surface area (Å²) in [4.78, 5) is 18.3. The number of aromatic nitrogens is 3. The first kappa shape index (κ1) is 13.1. The van der Waals surface area contributed by atoms with Gasteiger partial charge in [-0.3, -0.25) is 4.79 Å². The van der Waals surface area contributed by atoms with Gasteiger partial charge in [-0.2, -0.15) is 5.10 Å². The van der Waals surface area contributed by atoms with E-state index in [0.717, 1.165) is 48.4 Å². The quantitative estimate of drug-likeness (QED) is 0.801.